The first-order valence-electron chi connectivity index (χ1n) is 5.77. The van der Waals surface area contributed by atoms with Crippen molar-refractivity contribution in [1.29, 1.82) is 0 Å². The smallest absolute Gasteiger partial charge is 0.307 e. The molecule has 2 aromatic carbocycles. The molecule has 0 aliphatic heterocycles. The van der Waals surface area contributed by atoms with Crippen LogP contribution < -0.4 is 10.6 Å². The minimum atomic E-state index is -0.570. The number of urea groups is 1. The lowest BCUT2D eigenvalue weighted by Gasteiger charge is -2.10. The number of hydrogen-bond donors (Lipinski definition) is 3. The van der Waals surface area contributed by atoms with Gasteiger partial charge >= 0.3 is 6.03 Å². The zero-order chi connectivity index (χ0) is 15.4. The second kappa shape index (κ2) is 6.47. The number of carbonyl (C=O) groups excluding carboxylic acids is 1. The lowest BCUT2D eigenvalue weighted by Crippen LogP contribution is -2.20. The molecule has 21 heavy (non-hydrogen) atoms. The van der Waals surface area contributed by atoms with Gasteiger partial charge in [-0.15, -0.1) is 12.6 Å². The van der Waals surface area contributed by atoms with E-state index in [9.17, 15) is 14.9 Å². The Balaban J connectivity index is 2.15. The van der Waals surface area contributed by atoms with Crippen LogP contribution in [0.4, 0.5) is 21.9 Å². The van der Waals surface area contributed by atoms with Crippen molar-refractivity contribution in [2.45, 2.75) is 4.90 Å². The van der Waals surface area contributed by atoms with Crippen molar-refractivity contribution in [3.63, 3.8) is 0 Å². The molecule has 0 atom stereocenters. The number of nitrogens with one attached hydrogen (secondary N) is 2. The fraction of sp³-hybridized carbons (Fsp3) is 0. The van der Waals surface area contributed by atoms with Gasteiger partial charge in [0.2, 0.25) is 0 Å². The maximum Gasteiger partial charge on any atom is 0.323 e. The van der Waals surface area contributed by atoms with Gasteiger partial charge in [-0.05, 0) is 18.2 Å². The van der Waals surface area contributed by atoms with Crippen LogP contribution in [0.25, 0.3) is 0 Å². The van der Waals surface area contributed by atoms with Gasteiger partial charge in [0.05, 0.1) is 21.3 Å². The fourth-order valence-electron chi connectivity index (χ4n) is 1.58. The summed E-state index contributed by atoms with van der Waals surface area (Å²) < 4.78 is 0. The van der Waals surface area contributed by atoms with Crippen LogP contribution in [0.15, 0.2) is 47.4 Å². The van der Waals surface area contributed by atoms with Crippen LogP contribution in [0, 0.1) is 10.1 Å². The third kappa shape index (κ3) is 3.87. The predicted octanol–water partition coefficient (Wildman–Crippen LogP) is 4.18. The molecule has 0 radical (unpaired) electrons. The number of nitro groups is 1. The van der Waals surface area contributed by atoms with Gasteiger partial charge in [-0.3, -0.25) is 10.1 Å². The number of nitro benzene ring substituents is 1. The Labute approximate surface area is 130 Å². The molecule has 2 rings (SSSR count). The number of nitrogens with zero attached hydrogens (tertiary/aromatic N) is 1. The topological polar surface area (TPSA) is 84.3 Å². The largest absolute Gasteiger partial charge is 0.323 e. The van der Waals surface area contributed by atoms with Crippen molar-refractivity contribution in [3.8, 4) is 0 Å². The van der Waals surface area contributed by atoms with Crippen LogP contribution in [0.1, 0.15) is 0 Å². The summed E-state index contributed by atoms with van der Waals surface area (Å²) in [7, 11) is 0. The number of carbonyl (C=O) groups is 1. The third-order valence-corrected chi connectivity index (χ3v) is 3.28. The summed E-state index contributed by atoms with van der Waals surface area (Å²) in [4.78, 5) is 22.6. The Hall–Kier alpha value is -2.25. The van der Waals surface area contributed by atoms with Gasteiger partial charge in [0.25, 0.3) is 5.69 Å². The van der Waals surface area contributed by atoms with E-state index in [0.29, 0.717) is 10.6 Å². The van der Waals surface area contributed by atoms with E-state index in [0.717, 1.165) is 0 Å². The molecule has 0 heterocycles. The molecule has 6 nitrogen and oxygen atoms in total. The highest BCUT2D eigenvalue weighted by molar-refractivity contribution is 7.80. The van der Waals surface area contributed by atoms with Crippen molar-refractivity contribution in [3.05, 3.63) is 57.6 Å². The van der Waals surface area contributed by atoms with Crippen molar-refractivity contribution < 1.29 is 9.72 Å². The molecule has 2 amide bonds. The van der Waals surface area contributed by atoms with Gasteiger partial charge in [-0.25, -0.2) is 4.79 Å². The van der Waals surface area contributed by atoms with E-state index in [2.05, 4.69) is 23.3 Å². The molecule has 2 aromatic rings. The Kier molecular flexibility index (Phi) is 4.66. The van der Waals surface area contributed by atoms with Crippen LogP contribution in [0.2, 0.25) is 5.02 Å². The zero-order valence-electron chi connectivity index (χ0n) is 10.5. The van der Waals surface area contributed by atoms with Gasteiger partial charge in [-0.1, -0.05) is 23.7 Å². The Morgan fingerprint density at radius 1 is 1.14 bits per heavy atom. The first kappa shape index (κ1) is 15.1. The Bertz CT molecular complexity index is 709. The number of anilines is 2. The number of rotatable bonds is 3. The zero-order valence-corrected chi connectivity index (χ0v) is 12.2. The molecule has 8 heteroatoms. The van der Waals surface area contributed by atoms with Crippen LogP contribution in [-0.4, -0.2) is 11.0 Å². The summed E-state index contributed by atoms with van der Waals surface area (Å²) in [5.41, 5.74) is 0.504. The van der Waals surface area contributed by atoms with Crippen LogP contribution in [0.5, 0.6) is 0 Å². The van der Waals surface area contributed by atoms with E-state index in [1.165, 1.54) is 18.2 Å². The molecule has 0 aromatic heterocycles. The molecule has 0 unspecified atom stereocenters. The van der Waals surface area contributed by atoms with Gasteiger partial charge in [0.1, 0.15) is 0 Å². The fourth-order valence-corrected chi connectivity index (χ4v) is 1.96. The van der Waals surface area contributed by atoms with E-state index in [-0.39, 0.29) is 16.4 Å². The van der Waals surface area contributed by atoms with Crippen LogP contribution >= 0.6 is 24.2 Å². The van der Waals surface area contributed by atoms with Gasteiger partial charge in [-0.2, -0.15) is 0 Å². The highest BCUT2D eigenvalue weighted by atomic mass is 35.5. The van der Waals surface area contributed by atoms with E-state index >= 15 is 0 Å². The summed E-state index contributed by atoms with van der Waals surface area (Å²) >= 11 is 10.1. The van der Waals surface area contributed by atoms with Crippen LogP contribution in [0.3, 0.4) is 0 Å². The van der Waals surface area contributed by atoms with Gasteiger partial charge in [0, 0.05) is 17.0 Å². The maximum absolute atomic E-state index is 11.9. The highest BCUT2D eigenvalue weighted by Gasteiger charge is 2.12. The number of hydrogen-bond acceptors (Lipinski definition) is 4. The average Bonchev–Trinajstić information content (AvgIpc) is 2.43. The van der Waals surface area contributed by atoms with E-state index in [4.69, 9.17) is 11.6 Å². The highest BCUT2D eigenvalue weighted by Crippen LogP contribution is 2.27. The van der Waals surface area contributed by atoms with Gasteiger partial charge < -0.3 is 10.6 Å². The molecule has 0 saturated heterocycles. The minimum absolute atomic E-state index is 0.153. The summed E-state index contributed by atoms with van der Waals surface area (Å²) in [5.74, 6) is 0. The molecule has 0 bridgehead atoms. The standard InChI is InChI=1S/C13H10ClN3O3S/c14-9-6-5-8(17(19)20)7-11(9)16-13(18)15-10-3-1-2-4-12(10)21/h1-7,21H,(H2,15,16,18). The second-order valence-corrected chi connectivity index (χ2v) is 4.91. The molecule has 0 aliphatic rings. The van der Waals surface area contributed by atoms with E-state index < -0.39 is 11.0 Å². The molecule has 0 saturated carbocycles. The Morgan fingerprint density at radius 2 is 1.81 bits per heavy atom. The summed E-state index contributed by atoms with van der Waals surface area (Å²) in [6, 6.07) is 10.2. The molecule has 0 spiro atoms. The lowest BCUT2D eigenvalue weighted by atomic mass is 10.3. The summed E-state index contributed by atoms with van der Waals surface area (Å²) in [6.45, 7) is 0. The predicted molar refractivity (Wildman–Crippen MR) is 84.4 cm³/mol. The van der Waals surface area contributed by atoms with Crippen molar-refractivity contribution in [1.82, 2.24) is 0 Å². The monoisotopic (exact) mass is 323 g/mol. The number of amides is 2. The Morgan fingerprint density at radius 3 is 2.48 bits per heavy atom. The van der Waals surface area contributed by atoms with Crippen LogP contribution in [-0.2, 0) is 0 Å². The molecule has 2 N–H and O–H groups in total. The van der Waals surface area contributed by atoms with Crippen molar-refractivity contribution >= 4 is 47.3 Å². The molecular formula is C13H10ClN3O3S. The second-order valence-electron chi connectivity index (χ2n) is 4.02. The molecule has 0 aliphatic carbocycles. The van der Waals surface area contributed by atoms with E-state index in [1.54, 1.807) is 24.3 Å². The van der Waals surface area contributed by atoms with E-state index in [1.807, 2.05) is 0 Å². The first-order valence-corrected chi connectivity index (χ1v) is 6.60. The maximum atomic E-state index is 11.9. The quantitative estimate of drug-likeness (QED) is 0.450. The lowest BCUT2D eigenvalue weighted by molar-refractivity contribution is -0.384. The third-order valence-electron chi connectivity index (χ3n) is 2.56. The number of para-hydroxylation sites is 1. The average molecular weight is 324 g/mol. The summed E-state index contributed by atoms with van der Waals surface area (Å²) in [5, 5.41) is 16.0. The molecule has 108 valence electrons. The normalized spacial score (nSPS) is 10.0. The SMILES string of the molecule is O=C(Nc1ccccc1S)Nc1cc([N+](=O)[O-])ccc1Cl. The van der Waals surface area contributed by atoms with Gasteiger partial charge in [0.15, 0.2) is 0 Å². The van der Waals surface area contributed by atoms with Crippen molar-refractivity contribution in [2.24, 2.45) is 0 Å². The first-order chi connectivity index (χ1) is 9.97. The number of thiol groups is 1. The number of non-ortho nitro benzene ring substituents is 1. The molecule has 0 fully saturated rings. The number of benzene rings is 2. The molecular weight excluding hydrogens is 314 g/mol. The summed E-state index contributed by atoms with van der Waals surface area (Å²) in [6.07, 6.45) is 0. The number of halogens is 1. The van der Waals surface area contributed by atoms with Crippen molar-refractivity contribution in [2.75, 3.05) is 10.6 Å². The minimum Gasteiger partial charge on any atom is -0.307 e.